The molecule has 1 N–H and O–H groups in total. The van der Waals surface area contributed by atoms with E-state index in [2.05, 4.69) is 10.4 Å². The van der Waals surface area contributed by atoms with Crippen LogP contribution in [0.3, 0.4) is 0 Å². The van der Waals surface area contributed by atoms with Gasteiger partial charge in [-0.15, -0.1) is 0 Å². The van der Waals surface area contributed by atoms with Gasteiger partial charge in [-0.2, -0.15) is 18.3 Å². The summed E-state index contributed by atoms with van der Waals surface area (Å²) in [5.74, 6) is 0.176. The van der Waals surface area contributed by atoms with Crippen LogP contribution in [0.1, 0.15) is 11.3 Å². The Kier molecular flexibility index (Phi) is 5.89. The maximum Gasteiger partial charge on any atom is 0.435 e. The molecule has 0 saturated heterocycles. The van der Waals surface area contributed by atoms with Gasteiger partial charge in [0.1, 0.15) is 5.75 Å². The lowest BCUT2D eigenvalue weighted by Gasteiger charge is -2.09. The molecule has 1 heterocycles. The van der Waals surface area contributed by atoms with Gasteiger partial charge < -0.3 is 10.1 Å². The molecule has 1 amide bonds. The topological polar surface area (TPSA) is 56.1 Å². The van der Waals surface area contributed by atoms with Crippen molar-refractivity contribution in [2.75, 3.05) is 6.61 Å². The molecule has 0 unspecified atom stereocenters. The van der Waals surface area contributed by atoms with E-state index in [1.165, 1.54) is 6.20 Å². The van der Waals surface area contributed by atoms with Gasteiger partial charge in [0.25, 0.3) is 5.91 Å². The molecular weight excluding hydrogens is 395 g/mol. The van der Waals surface area contributed by atoms with Crippen LogP contribution in [0.25, 0.3) is 5.69 Å². The first-order chi connectivity index (χ1) is 13.3. The van der Waals surface area contributed by atoms with Crippen LogP contribution in [0.15, 0.2) is 60.8 Å². The summed E-state index contributed by atoms with van der Waals surface area (Å²) in [5, 5.41) is 6.72. The summed E-state index contributed by atoms with van der Waals surface area (Å²) in [6.45, 7) is 0.0941. The number of carbonyl (C=O) groups excluding carboxylic acids is 1. The van der Waals surface area contributed by atoms with E-state index in [9.17, 15) is 18.0 Å². The van der Waals surface area contributed by atoms with Crippen molar-refractivity contribution >= 4 is 17.5 Å². The Bertz CT molecular complexity index is 956. The van der Waals surface area contributed by atoms with Crippen molar-refractivity contribution in [3.63, 3.8) is 0 Å². The number of nitrogens with one attached hydrogen (secondary N) is 1. The summed E-state index contributed by atoms with van der Waals surface area (Å²) in [6, 6.07) is 14.3. The standard InChI is InChI=1S/C19H15ClF3N3O2/c20-14-2-1-3-16(10-14)28-12-18(27)24-11-13-4-6-15(7-5-13)26-9-8-17(25-26)19(21,22)23/h1-10H,11-12H2,(H,24,27). The number of aromatic nitrogens is 2. The summed E-state index contributed by atoms with van der Waals surface area (Å²) < 4.78 is 44.3. The molecular formula is C19H15ClF3N3O2. The zero-order valence-corrected chi connectivity index (χ0v) is 15.2. The van der Waals surface area contributed by atoms with Crippen molar-refractivity contribution in [2.24, 2.45) is 0 Å². The van der Waals surface area contributed by atoms with Gasteiger partial charge in [-0.25, -0.2) is 4.68 Å². The minimum Gasteiger partial charge on any atom is -0.484 e. The SMILES string of the molecule is O=C(COc1cccc(Cl)c1)NCc1ccc(-n2ccc(C(F)(F)F)n2)cc1. The Morgan fingerprint density at radius 2 is 1.89 bits per heavy atom. The molecule has 0 aliphatic heterocycles. The Balaban J connectivity index is 1.51. The second-order valence-electron chi connectivity index (χ2n) is 5.83. The molecule has 28 heavy (non-hydrogen) atoms. The van der Waals surface area contributed by atoms with E-state index in [4.69, 9.17) is 16.3 Å². The lowest BCUT2D eigenvalue weighted by molar-refractivity contribution is -0.141. The summed E-state index contributed by atoms with van der Waals surface area (Å²) in [5.41, 5.74) is 0.307. The number of alkyl halides is 3. The van der Waals surface area contributed by atoms with E-state index in [-0.39, 0.29) is 19.1 Å². The van der Waals surface area contributed by atoms with Gasteiger partial charge in [-0.3, -0.25) is 4.79 Å². The summed E-state index contributed by atoms with van der Waals surface area (Å²) in [6.07, 6.45) is -3.24. The molecule has 0 saturated carbocycles. The summed E-state index contributed by atoms with van der Waals surface area (Å²) >= 11 is 5.84. The molecule has 0 aliphatic carbocycles. The van der Waals surface area contributed by atoms with Crippen molar-refractivity contribution in [1.29, 1.82) is 0 Å². The maximum absolute atomic E-state index is 12.6. The van der Waals surface area contributed by atoms with Gasteiger partial charge in [-0.1, -0.05) is 29.8 Å². The molecule has 3 aromatic rings. The van der Waals surface area contributed by atoms with Gasteiger partial charge in [0, 0.05) is 17.8 Å². The highest BCUT2D eigenvalue weighted by Crippen LogP contribution is 2.27. The third-order valence-electron chi connectivity index (χ3n) is 3.74. The van der Waals surface area contributed by atoms with Gasteiger partial charge in [0.2, 0.25) is 0 Å². The molecule has 5 nitrogen and oxygen atoms in total. The quantitative estimate of drug-likeness (QED) is 0.662. The van der Waals surface area contributed by atoms with Crippen LogP contribution in [0, 0.1) is 0 Å². The van der Waals surface area contributed by atoms with E-state index in [0.717, 1.165) is 16.3 Å². The molecule has 3 rings (SSSR count). The smallest absolute Gasteiger partial charge is 0.435 e. The first-order valence-corrected chi connectivity index (χ1v) is 8.56. The monoisotopic (exact) mass is 409 g/mol. The minimum atomic E-state index is -4.48. The normalized spacial score (nSPS) is 11.3. The van der Waals surface area contributed by atoms with Gasteiger partial charge in [-0.05, 0) is 42.0 Å². The number of carbonyl (C=O) groups is 1. The van der Waals surface area contributed by atoms with Crippen LogP contribution in [-0.4, -0.2) is 22.3 Å². The van der Waals surface area contributed by atoms with Crippen LogP contribution in [-0.2, 0) is 17.5 Å². The van der Waals surface area contributed by atoms with Crippen LogP contribution in [0.4, 0.5) is 13.2 Å². The fourth-order valence-corrected chi connectivity index (χ4v) is 2.52. The predicted molar refractivity (Wildman–Crippen MR) is 97.4 cm³/mol. The molecule has 0 radical (unpaired) electrons. The van der Waals surface area contributed by atoms with Crippen molar-refractivity contribution in [3.05, 3.63) is 77.1 Å². The van der Waals surface area contributed by atoms with Gasteiger partial charge >= 0.3 is 6.18 Å². The number of rotatable bonds is 6. The Morgan fingerprint density at radius 1 is 1.14 bits per heavy atom. The molecule has 146 valence electrons. The number of hydrogen-bond donors (Lipinski definition) is 1. The average molecular weight is 410 g/mol. The third-order valence-corrected chi connectivity index (χ3v) is 3.97. The molecule has 9 heteroatoms. The highest BCUT2D eigenvalue weighted by molar-refractivity contribution is 6.30. The second kappa shape index (κ2) is 8.35. The molecule has 0 atom stereocenters. The first kappa shape index (κ1) is 19.8. The van der Waals surface area contributed by atoms with Crippen molar-refractivity contribution < 1.29 is 22.7 Å². The van der Waals surface area contributed by atoms with E-state index in [1.54, 1.807) is 48.5 Å². The average Bonchev–Trinajstić information content (AvgIpc) is 3.16. The van der Waals surface area contributed by atoms with Gasteiger partial charge in [0.15, 0.2) is 12.3 Å². The zero-order valence-electron chi connectivity index (χ0n) is 14.4. The van der Waals surface area contributed by atoms with E-state index in [0.29, 0.717) is 16.5 Å². The van der Waals surface area contributed by atoms with E-state index in [1.807, 2.05) is 0 Å². The van der Waals surface area contributed by atoms with E-state index >= 15 is 0 Å². The number of nitrogens with zero attached hydrogens (tertiary/aromatic N) is 2. The summed E-state index contributed by atoms with van der Waals surface area (Å²) in [4.78, 5) is 11.9. The minimum absolute atomic E-state index is 0.161. The fraction of sp³-hybridized carbons (Fsp3) is 0.158. The van der Waals surface area contributed by atoms with Crippen LogP contribution in [0.5, 0.6) is 5.75 Å². The number of amides is 1. The largest absolute Gasteiger partial charge is 0.484 e. The third kappa shape index (κ3) is 5.26. The Morgan fingerprint density at radius 3 is 2.54 bits per heavy atom. The second-order valence-corrected chi connectivity index (χ2v) is 6.27. The highest BCUT2D eigenvalue weighted by Gasteiger charge is 2.33. The highest BCUT2D eigenvalue weighted by atomic mass is 35.5. The molecule has 0 aliphatic rings. The van der Waals surface area contributed by atoms with Crippen molar-refractivity contribution in [1.82, 2.24) is 15.1 Å². The van der Waals surface area contributed by atoms with Crippen molar-refractivity contribution in [3.8, 4) is 11.4 Å². The maximum atomic E-state index is 12.6. The van der Waals surface area contributed by atoms with Crippen molar-refractivity contribution in [2.45, 2.75) is 12.7 Å². The number of benzene rings is 2. The summed E-state index contributed by atoms with van der Waals surface area (Å²) in [7, 11) is 0. The molecule has 0 spiro atoms. The molecule has 0 fully saturated rings. The molecule has 2 aromatic carbocycles. The Hall–Kier alpha value is -3.00. The predicted octanol–water partition coefficient (Wildman–Crippen LogP) is 4.24. The van der Waals surface area contributed by atoms with Gasteiger partial charge in [0.05, 0.1) is 5.69 Å². The lowest BCUT2D eigenvalue weighted by atomic mass is 10.2. The van der Waals surface area contributed by atoms with Crippen LogP contribution < -0.4 is 10.1 Å². The van der Waals surface area contributed by atoms with E-state index < -0.39 is 11.9 Å². The number of hydrogen-bond acceptors (Lipinski definition) is 3. The molecule has 0 bridgehead atoms. The molecule has 1 aromatic heterocycles. The number of ether oxygens (including phenoxy) is 1. The fourth-order valence-electron chi connectivity index (χ4n) is 2.34. The lowest BCUT2D eigenvalue weighted by Crippen LogP contribution is -2.28. The van der Waals surface area contributed by atoms with Crippen LogP contribution in [0.2, 0.25) is 5.02 Å². The zero-order chi connectivity index (χ0) is 20.1. The first-order valence-electron chi connectivity index (χ1n) is 8.18. The number of halogens is 4. The Labute approximate surface area is 163 Å². The van der Waals surface area contributed by atoms with Crippen LogP contribution >= 0.6 is 11.6 Å².